The van der Waals surface area contributed by atoms with Crippen molar-refractivity contribution in [2.75, 3.05) is 18.4 Å². The third-order valence-corrected chi connectivity index (χ3v) is 7.69. The van der Waals surface area contributed by atoms with Crippen molar-refractivity contribution >= 4 is 44.0 Å². The van der Waals surface area contributed by atoms with Crippen LogP contribution < -0.4 is 5.32 Å². The Balaban J connectivity index is 1.47. The second-order valence-electron chi connectivity index (χ2n) is 6.61. The van der Waals surface area contributed by atoms with Crippen molar-refractivity contribution in [1.29, 1.82) is 0 Å². The summed E-state index contributed by atoms with van der Waals surface area (Å²) in [7, 11) is -3.49. The van der Waals surface area contributed by atoms with E-state index < -0.39 is 10.0 Å². The lowest BCUT2D eigenvalue weighted by atomic mass is 10.2. The van der Waals surface area contributed by atoms with Crippen LogP contribution in [0.3, 0.4) is 0 Å². The van der Waals surface area contributed by atoms with Gasteiger partial charge in [0, 0.05) is 34.6 Å². The van der Waals surface area contributed by atoms with Gasteiger partial charge in [-0.2, -0.15) is 4.31 Å². The first-order chi connectivity index (χ1) is 13.9. The minimum Gasteiger partial charge on any atom is -0.298 e. The number of sulfonamides is 1. The molecule has 1 aromatic heterocycles. The fourth-order valence-electron chi connectivity index (χ4n) is 3.15. The van der Waals surface area contributed by atoms with E-state index in [1.165, 1.54) is 39.9 Å². The number of amides is 1. The zero-order valence-electron chi connectivity index (χ0n) is 15.3. The molecule has 0 radical (unpaired) electrons. The average molecular weight is 448 g/mol. The quantitative estimate of drug-likeness (QED) is 0.624. The Labute approximate surface area is 178 Å². The van der Waals surface area contributed by atoms with E-state index in [-0.39, 0.29) is 10.8 Å². The average Bonchev–Trinajstić information content (AvgIpc) is 3.41. The van der Waals surface area contributed by atoms with Crippen molar-refractivity contribution in [3.05, 3.63) is 64.5 Å². The highest BCUT2D eigenvalue weighted by atomic mass is 35.5. The number of thiazole rings is 1. The van der Waals surface area contributed by atoms with Gasteiger partial charge in [0.2, 0.25) is 10.0 Å². The smallest absolute Gasteiger partial charge is 0.257 e. The van der Waals surface area contributed by atoms with Gasteiger partial charge < -0.3 is 0 Å². The monoisotopic (exact) mass is 447 g/mol. The van der Waals surface area contributed by atoms with Crippen molar-refractivity contribution in [3.63, 3.8) is 0 Å². The van der Waals surface area contributed by atoms with E-state index in [4.69, 9.17) is 11.6 Å². The van der Waals surface area contributed by atoms with Gasteiger partial charge in [0.05, 0.1) is 10.6 Å². The van der Waals surface area contributed by atoms with Crippen molar-refractivity contribution in [2.45, 2.75) is 17.7 Å². The van der Waals surface area contributed by atoms with Crippen LogP contribution in [0.1, 0.15) is 23.2 Å². The third-order valence-electron chi connectivity index (χ3n) is 4.69. The van der Waals surface area contributed by atoms with Crippen LogP contribution in [0.25, 0.3) is 11.3 Å². The Bertz CT molecular complexity index is 1140. The van der Waals surface area contributed by atoms with E-state index in [0.717, 1.165) is 18.4 Å². The van der Waals surface area contributed by atoms with E-state index in [1.807, 2.05) is 23.6 Å². The molecule has 0 atom stereocenters. The van der Waals surface area contributed by atoms with Crippen LogP contribution in [0.4, 0.5) is 5.13 Å². The summed E-state index contributed by atoms with van der Waals surface area (Å²) in [5.41, 5.74) is 1.84. The summed E-state index contributed by atoms with van der Waals surface area (Å²) < 4.78 is 26.6. The Kier molecular flexibility index (Phi) is 5.69. The first-order valence-electron chi connectivity index (χ1n) is 9.07. The van der Waals surface area contributed by atoms with E-state index in [9.17, 15) is 13.2 Å². The summed E-state index contributed by atoms with van der Waals surface area (Å²) >= 11 is 7.49. The van der Waals surface area contributed by atoms with Crippen LogP contribution in [0.5, 0.6) is 0 Å². The molecule has 0 aliphatic carbocycles. The molecule has 29 heavy (non-hydrogen) atoms. The largest absolute Gasteiger partial charge is 0.298 e. The predicted molar refractivity (Wildman–Crippen MR) is 115 cm³/mol. The van der Waals surface area contributed by atoms with Crippen molar-refractivity contribution < 1.29 is 13.2 Å². The molecule has 0 unspecified atom stereocenters. The first-order valence-corrected chi connectivity index (χ1v) is 11.8. The Morgan fingerprint density at radius 1 is 1.07 bits per heavy atom. The van der Waals surface area contributed by atoms with Crippen LogP contribution in [-0.4, -0.2) is 36.7 Å². The summed E-state index contributed by atoms with van der Waals surface area (Å²) in [6, 6.07) is 13.3. The summed E-state index contributed by atoms with van der Waals surface area (Å²) in [6.45, 7) is 1.09. The molecular weight excluding hydrogens is 430 g/mol. The first kappa shape index (κ1) is 20.0. The third kappa shape index (κ3) is 4.20. The second kappa shape index (κ2) is 8.23. The molecule has 150 valence electrons. The molecular formula is C20H18ClN3O3S2. The molecule has 9 heteroatoms. The lowest BCUT2D eigenvalue weighted by Crippen LogP contribution is -2.27. The number of carbonyl (C=O) groups is 1. The number of benzene rings is 2. The van der Waals surface area contributed by atoms with E-state index >= 15 is 0 Å². The molecule has 0 spiro atoms. The predicted octanol–water partition coefficient (Wildman–Crippen LogP) is 4.50. The van der Waals surface area contributed by atoms with E-state index in [2.05, 4.69) is 10.3 Å². The van der Waals surface area contributed by atoms with Crippen LogP contribution in [0.15, 0.2) is 58.8 Å². The zero-order chi connectivity index (χ0) is 20.4. The number of carbonyl (C=O) groups excluding carboxylic acids is 1. The molecule has 2 aromatic carbocycles. The van der Waals surface area contributed by atoms with Gasteiger partial charge in [-0.25, -0.2) is 13.4 Å². The molecule has 3 aromatic rings. The molecule has 4 rings (SSSR count). The fourth-order valence-corrected chi connectivity index (χ4v) is 5.60. The minimum atomic E-state index is -3.49. The van der Waals surface area contributed by atoms with Crippen LogP contribution in [0.2, 0.25) is 5.02 Å². The van der Waals surface area contributed by atoms with Gasteiger partial charge in [-0.05, 0) is 43.2 Å². The van der Waals surface area contributed by atoms with Crippen molar-refractivity contribution in [2.24, 2.45) is 0 Å². The maximum Gasteiger partial charge on any atom is 0.257 e. The Morgan fingerprint density at radius 2 is 1.76 bits per heavy atom. The topological polar surface area (TPSA) is 79.4 Å². The number of nitrogens with one attached hydrogen (secondary N) is 1. The molecule has 0 saturated carbocycles. The zero-order valence-corrected chi connectivity index (χ0v) is 17.7. The van der Waals surface area contributed by atoms with Crippen molar-refractivity contribution in [1.82, 2.24) is 9.29 Å². The van der Waals surface area contributed by atoms with Crippen LogP contribution in [0, 0.1) is 0 Å². The molecule has 1 aliphatic heterocycles. The minimum absolute atomic E-state index is 0.200. The number of nitrogens with zero attached hydrogens (tertiary/aromatic N) is 2. The maximum atomic E-state index is 12.6. The number of anilines is 1. The van der Waals surface area contributed by atoms with Crippen molar-refractivity contribution in [3.8, 4) is 11.3 Å². The number of hydrogen-bond acceptors (Lipinski definition) is 5. The summed E-state index contributed by atoms with van der Waals surface area (Å²) in [5.74, 6) is -0.352. The molecule has 1 amide bonds. The molecule has 1 saturated heterocycles. The lowest BCUT2D eigenvalue weighted by Gasteiger charge is -2.15. The highest BCUT2D eigenvalue weighted by molar-refractivity contribution is 7.89. The Hall–Kier alpha value is -2.26. The standard InChI is InChI=1S/C20H18ClN3O3S2/c21-17-6-2-1-5-16(17)18-13-28-20(22-18)23-19(25)14-7-9-15(10-8-14)29(26,27)24-11-3-4-12-24/h1-2,5-10,13H,3-4,11-12H2,(H,22,23,25). The van der Waals surface area contributed by atoms with Gasteiger partial charge in [0.15, 0.2) is 5.13 Å². The second-order valence-corrected chi connectivity index (χ2v) is 9.81. The number of halogens is 1. The summed E-state index contributed by atoms with van der Waals surface area (Å²) in [5, 5.41) is 5.60. The maximum absolute atomic E-state index is 12.6. The summed E-state index contributed by atoms with van der Waals surface area (Å²) in [4.78, 5) is 17.1. The molecule has 1 fully saturated rings. The SMILES string of the molecule is O=C(Nc1nc(-c2ccccc2Cl)cs1)c1ccc(S(=O)(=O)N2CCCC2)cc1. The molecule has 1 aliphatic rings. The van der Waals surface area contributed by atoms with E-state index in [1.54, 1.807) is 6.07 Å². The van der Waals surface area contributed by atoms with Gasteiger partial charge >= 0.3 is 0 Å². The van der Waals surface area contributed by atoms with Gasteiger partial charge in [-0.3, -0.25) is 10.1 Å². The molecule has 0 bridgehead atoms. The molecule has 6 nitrogen and oxygen atoms in total. The number of aromatic nitrogens is 1. The fraction of sp³-hybridized carbons (Fsp3) is 0.200. The van der Waals surface area contributed by atoms with Crippen LogP contribution >= 0.6 is 22.9 Å². The van der Waals surface area contributed by atoms with Gasteiger partial charge in [-0.15, -0.1) is 11.3 Å². The molecule has 2 heterocycles. The van der Waals surface area contributed by atoms with Gasteiger partial charge in [0.1, 0.15) is 0 Å². The van der Waals surface area contributed by atoms with Gasteiger partial charge in [-0.1, -0.05) is 29.8 Å². The van der Waals surface area contributed by atoms with E-state index in [0.29, 0.717) is 34.5 Å². The Morgan fingerprint density at radius 3 is 2.45 bits per heavy atom. The highest BCUT2D eigenvalue weighted by Crippen LogP contribution is 2.30. The normalized spacial score (nSPS) is 14.8. The lowest BCUT2D eigenvalue weighted by molar-refractivity contribution is 0.102. The molecule has 1 N–H and O–H groups in total. The number of rotatable bonds is 5. The highest BCUT2D eigenvalue weighted by Gasteiger charge is 2.27. The summed E-state index contributed by atoms with van der Waals surface area (Å²) in [6.07, 6.45) is 1.76. The van der Waals surface area contributed by atoms with Crippen LogP contribution in [-0.2, 0) is 10.0 Å². The van der Waals surface area contributed by atoms with Gasteiger partial charge in [0.25, 0.3) is 5.91 Å². The number of hydrogen-bond donors (Lipinski definition) is 1.